The van der Waals surface area contributed by atoms with Gasteiger partial charge in [-0.3, -0.25) is 4.21 Å². The van der Waals surface area contributed by atoms with Gasteiger partial charge in [0.05, 0.1) is 11.2 Å². The molecule has 194 valence electrons. The summed E-state index contributed by atoms with van der Waals surface area (Å²) in [4.78, 5) is 33.4. The summed E-state index contributed by atoms with van der Waals surface area (Å²) < 4.78 is 29.7. The predicted octanol–water partition coefficient (Wildman–Crippen LogP) is 4.40. The number of allylic oxidation sites excluding steroid dienone is 4. The molecule has 2 aromatic heterocycles. The van der Waals surface area contributed by atoms with Crippen LogP contribution in [0.1, 0.15) is 57.2 Å². The summed E-state index contributed by atoms with van der Waals surface area (Å²) in [6, 6.07) is 0. The SMILES string of the molecule is CO[N+](=O)c1c(N/C(C)=C/C=C(\C=C\F)S(C)=O)ncnc1N1CCC(c2nc(C(C)C)no2)CC1. The molecule has 13 heteroatoms. The van der Waals surface area contributed by atoms with Crippen LogP contribution in [0.3, 0.4) is 0 Å². The van der Waals surface area contributed by atoms with Gasteiger partial charge in [-0.05, 0) is 38.0 Å². The predicted molar refractivity (Wildman–Crippen MR) is 135 cm³/mol. The highest BCUT2D eigenvalue weighted by atomic mass is 32.2. The van der Waals surface area contributed by atoms with Gasteiger partial charge < -0.3 is 14.7 Å². The van der Waals surface area contributed by atoms with Crippen molar-refractivity contribution in [1.82, 2.24) is 20.1 Å². The average Bonchev–Trinajstić information content (AvgIpc) is 3.37. The number of halogens is 1. The van der Waals surface area contributed by atoms with E-state index in [1.54, 1.807) is 13.0 Å². The van der Waals surface area contributed by atoms with E-state index in [9.17, 15) is 13.5 Å². The molecule has 2 aromatic rings. The van der Waals surface area contributed by atoms with Gasteiger partial charge in [0, 0.05) is 52.6 Å². The molecule has 0 amide bonds. The van der Waals surface area contributed by atoms with Gasteiger partial charge in [0.15, 0.2) is 12.9 Å². The Morgan fingerprint density at radius 2 is 2.06 bits per heavy atom. The maximum atomic E-state index is 12.7. The highest BCUT2D eigenvalue weighted by Gasteiger charge is 2.35. The van der Waals surface area contributed by atoms with Crippen LogP contribution in [0.5, 0.6) is 0 Å². The van der Waals surface area contributed by atoms with Gasteiger partial charge in [-0.25, -0.2) is 19.2 Å². The maximum absolute atomic E-state index is 12.7. The van der Waals surface area contributed by atoms with Crippen molar-refractivity contribution in [3.63, 3.8) is 0 Å². The normalized spacial score (nSPS) is 16.6. The molecule has 1 unspecified atom stereocenters. The van der Waals surface area contributed by atoms with Gasteiger partial charge in [-0.15, -0.1) is 0 Å². The first-order chi connectivity index (χ1) is 17.2. The van der Waals surface area contributed by atoms with Gasteiger partial charge in [0.25, 0.3) is 4.92 Å². The molecular formula is C23H31FN7O4S+. The molecule has 0 aromatic carbocycles. The van der Waals surface area contributed by atoms with Crippen LogP contribution in [-0.2, 0) is 15.6 Å². The third-order valence-corrected chi connectivity index (χ3v) is 6.58. The van der Waals surface area contributed by atoms with Crippen molar-refractivity contribution in [3.8, 4) is 0 Å². The largest absolute Gasteiger partial charge is 0.400 e. The van der Waals surface area contributed by atoms with Crippen molar-refractivity contribution in [2.24, 2.45) is 0 Å². The van der Waals surface area contributed by atoms with Crippen molar-refractivity contribution in [2.75, 3.05) is 36.7 Å². The Balaban J connectivity index is 1.82. The number of hydrogen-bond acceptors (Lipinski definition) is 10. The zero-order valence-electron chi connectivity index (χ0n) is 21.0. The zero-order valence-corrected chi connectivity index (χ0v) is 21.8. The zero-order chi connectivity index (χ0) is 26.2. The number of piperidine rings is 1. The third kappa shape index (κ3) is 6.59. The van der Waals surface area contributed by atoms with Gasteiger partial charge >= 0.3 is 5.69 Å². The van der Waals surface area contributed by atoms with E-state index in [4.69, 9.17) is 9.36 Å². The van der Waals surface area contributed by atoms with Crippen molar-refractivity contribution < 1.29 is 22.9 Å². The van der Waals surface area contributed by atoms with Crippen molar-refractivity contribution in [1.29, 1.82) is 0 Å². The maximum Gasteiger partial charge on any atom is 0.400 e. The summed E-state index contributed by atoms with van der Waals surface area (Å²) in [5.74, 6) is 2.31. The number of aromatic nitrogens is 4. The lowest BCUT2D eigenvalue weighted by molar-refractivity contribution is -0.735. The van der Waals surface area contributed by atoms with E-state index in [-0.39, 0.29) is 23.3 Å². The molecule has 3 rings (SSSR count). The summed E-state index contributed by atoms with van der Waals surface area (Å²) in [5, 5.41) is 7.12. The first kappa shape index (κ1) is 27.1. The quantitative estimate of drug-likeness (QED) is 0.356. The molecule has 0 radical (unpaired) electrons. The lowest BCUT2D eigenvalue weighted by Gasteiger charge is -2.30. The Bertz CT molecular complexity index is 1190. The molecule has 36 heavy (non-hydrogen) atoms. The monoisotopic (exact) mass is 520 g/mol. The van der Waals surface area contributed by atoms with E-state index in [0.717, 1.165) is 18.9 Å². The highest BCUT2D eigenvalue weighted by molar-refractivity contribution is 7.88. The molecule has 3 heterocycles. The minimum Gasteiger partial charge on any atom is -0.351 e. The summed E-state index contributed by atoms with van der Waals surface area (Å²) in [5.41, 5.74) is 0.703. The average molecular weight is 521 g/mol. The number of nitrogens with zero attached hydrogens (tertiary/aromatic N) is 6. The Morgan fingerprint density at radius 1 is 1.33 bits per heavy atom. The molecule has 1 fully saturated rings. The summed E-state index contributed by atoms with van der Waals surface area (Å²) in [7, 11) is -0.105. The second-order valence-electron chi connectivity index (χ2n) is 8.53. The van der Waals surface area contributed by atoms with Crippen LogP contribution in [-0.4, -0.2) is 55.7 Å². The van der Waals surface area contributed by atoms with Crippen LogP contribution >= 0.6 is 0 Å². The Hall–Kier alpha value is -3.48. The molecule has 0 saturated carbocycles. The summed E-state index contributed by atoms with van der Waals surface area (Å²) in [6.07, 6.45) is 8.92. The lowest BCUT2D eigenvalue weighted by atomic mass is 9.96. The first-order valence-electron chi connectivity index (χ1n) is 11.5. The molecule has 0 bridgehead atoms. The topological polar surface area (TPSA) is 126 Å². The Morgan fingerprint density at radius 3 is 2.64 bits per heavy atom. The van der Waals surface area contributed by atoms with Crippen molar-refractivity contribution >= 4 is 28.1 Å². The Labute approximate surface area is 211 Å². The molecule has 0 spiro atoms. The Kier molecular flexibility index (Phi) is 9.39. The molecule has 1 atom stereocenters. The number of rotatable bonds is 10. The van der Waals surface area contributed by atoms with Crippen LogP contribution in [0.4, 0.5) is 21.7 Å². The fourth-order valence-corrected chi connectivity index (χ4v) is 4.19. The minimum absolute atomic E-state index is 0.123. The first-order valence-corrected chi connectivity index (χ1v) is 13.0. The molecular weight excluding hydrogens is 489 g/mol. The smallest absolute Gasteiger partial charge is 0.351 e. The van der Waals surface area contributed by atoms with E-state index in [0.29, 0.717) is 52.5 Å². The van der Waals surface area contributed by atoms with Gasteiger partial charge in [-0.2, -0.15) is 4.98 Å². The number of anilines is 2. The fourth-order valence-electron chi connectivity index (χ4n) is 3.68. The molecule has 1 saturated heterocycles. The fraction of sp³-hybridized carbons (Fsp3) is 0.478. The van der Waals surface area contributed by atoms with Crippen LogP contribution in [0, 0.1) is 4.91 Å². The second-order valence-corrected chi connectivity index (χ2v) is 9.91. The van der Waals surface area contributed by atoms with E-state index in [1.165, 1.54) is 25.8 Å². The van der Waals surface area contributed by atoms with Gasteiger partial charge in [0.1, 0.15) is 6.33 Å². The molecule has 0 aliphatic carbocycles. The van der Waals surface area contributed by atoms with Gasteiger partial charge in [0.2, 0.25) is 17.5 Å². The third-order valence-electron chi connectivity index (χ3n) is 5.64. The summed E-state index contributed by atoms with van der Waals surface area (Å²) >= 11 is 0. The van der Waals surface area contributed by atoms with E-state index in [1.807, 2.05) is 18.7 Å². The number of hydrogen-bond donors (Lipinski definition) is 1. The van der Waals surface area contributed by atoms with Crippen molar-refractivity contribution in [2.45, 2.75) is 45.4 Å². The molecule has 1 N–H and O–H groups in total. The van der Waals surface area contributed by atoms with Gasteiger partial charge in [-0.1, -0.05) is 19.0 Å². The number of nitrogens with one attached hydrogen (secondary N) is 1. The molecule has 11 nitrogen and oxygen atoms in total. The van der Waals surface area contributed by atoms with E-state index < -0.39 is 10.8 Å². The van der Waals surface area contributed by atoms with Crippen molar-refractivity contribution in [3.05, 3.63) is 58.1 Å². The second kappa shape index (κ2) is 12.5. The standard InChI is InChI=1S/C23H31FN7O4S/c1-15(2)20-28-23(35-29-20)17-9-12-30(13-10-17)22-19(31(32)34-4)21(25-14-26-22)27-16(3)6-7-18(8-11-24)36(5)33/h6-8,11,14-15,17H,9-10,12-13H2,1-5H3,(H,25,26,27)/q+1/b11-8+,16-6+,18-7+. The minimum atomic E-state index is -1.37. The molecule has 1 aliphatic rings. The van der Waals surface area contributed by atoms with E-state index >= 15 is 0 Å². The van der Waals surface area contributed by atoms with Crippen LogP contribution in [0.2, 0.25) is 0 Å². The lowest BCUT2D eigenvalue weighted by Crippen LogP contribution is -2.34. The van der Waals surface area contributed by atoms with Crippen LogP contribution < -0.4 is 10.2 Å². The van der Waals surface area contributed by atoms with Crippen LogP contribution in [0.15, 0.2) is 46.0 Å². The van der Waals surface area contributed by atoms with Crippen LogP contribution in [0.25, 0.3) is 0 Å². The highest BCUT2D eigenvalue weighted by Crippen LogP contribution is 2.36. The van der Waals surface area contributed by atoms with E-state index in [2.05, 4.69) is 25.4 Å². The molecule has 1 aliphatic heterocycles. The summed E-state index contributed by atoms with van der Waals surface area (Å²) in [6.45, 7) is 7.00.